The van der Waals surface area contributed by atoms with Crippen molar-refractivity contribution >= 4 is 52.1 Å². The van der Waals surface area contributed by atoms with Crippen LogP contribution in [-0.4, -0.2) is 29.4 Å². The van der Waals surface area contributed by atoms with Gasteiger partial charge in [0.05, 0.1) is 11.6 Å². The van der Waals surface area contributed by atoms with Gasteiger partial charge in [-0.15, -0.1) is 0 Å². The summed E-state index contributed by atoms with van der Waals surface area (Å²) in [5.41, 5.74) is 10.7. The van der Waals surface area contributed by atoms with Crippen LogP contribution in [0.3, 0.4) is 0 Å². The zero-order chi connectivity index (χ0) is 25.1. The van der Waals surface area contributed by atoms with E-state index in [9.17, 15) is 9.59 Å². The maximum Gasteiger partial charge on any atom is 0.284 e. The molecule has 6 nitrogen and oxygen atoms in total. The number of rotatable bonds is 9. The number of amides is 1. The van der Waals surface area contributed by atoms with Gasteiger partial charge in [0, 0.05) is 24.0 Å². The van der Waals surface area contributed by atoms with E-state index in [-0.39, 0.29) is 18.4 Å². The van der Waals surface area contributed by atoms with Crippen molar-refractivity contribution in [3.63, 3.8) is 0 Å². The van der Waals surface area contributed by atoms with Crippen LogP contribution in [0, 0.1) is 0 Å². The Morgan fingerprint density at radius 1 is 1.11 bits per heavy atom. The minimum atomic E-state index is -0.654. The fraction of sp³-hybridized carbons (Fsp3) is 0.241. The molecule has 3 aromatic carbocycles. The number of hydrogen-bond donors (Lipinski definition) is 3. The number of carbonyl (C=O) groups excluding carboxylic acids is 2. The van der Waals surface area contributed by atoms with Crippen molar-refractivity contribution in [2.24, 2.45) is 10.7 Å². The first-order valence-corrected chi connectivity index (χ1v) is 12.6. The quantitative estimate of drug-likeness (QED) is 0.179. The van der Waals surface area contributed by atoms with Crippen LogP contribution in [0.1, 0.15) is 47.9 Å². The zero-order valence-corrected chi connectivity index (χ0v) is 20.7. The van der Waals surface area contributed by atoms with Crippen molar-refractivity contribution in [2.75, 3.05) is 0 Å². The summed E-state index contributed by atoms with van der Waals surface area (Å²) in [6.07, 6.45) is 8.18. The van der Waals surface area contributed by atoms with E-state index >= 15 is 0 Å². The Morgan fingerprint density at radius 3 is 2.61 bits per heavy atom. The van der Waals surface area contributed by atoms with Gasteiger partial charge in [0.15, 0.2) is 0 Å². The van der Waals surface area contributed by atoms with E-state index in [0.717, 1.165) is 47.8 Å². The van der Waals surface area contributed by atoms with Crippen LogP contribution in [0.2, 0.25) is 0 Å². The number of hydrogen-bond acceptors (Lipinski definition) is 5. The summed E-state index contributed by atoms with van der Waals surface area (Å²) in [7, 11) is 0. The predicted molar refractivity (Wildman–Crippen MR) is 148 cm³/mol. The number of allylic oxidation sites excluding steroid dienone is 1. The minimum absolute atomic E-state index is 0.227. The van der Waals surface area contributed by atoms with Gasteiger partial charge in [-0.3, -0.25) is 14.6 Å². The van der Waals surface area contributed by atoms with Gasteiger partial charge >= 0.3 is 0 Å². The van der Waals surface area contributed by atoms with Gasteiger partial charge in [-0.1, -0.05) is 60.7 Å². The summed E-state index contributed by atoms with van der Waals surface area (Å²) in [5.74, 6) is -0.654. The van der Waals surface area contributed by atoms with Gasteiger partial charge in [-0.05, 0) is 71.4 Å². The summed E-state index contributed by atoms with van der Waals surface area (Å²) >= 11 is 5.85. The fourth-order valence-corrected chi connectivity index (χ4v) is 4.82. The van der Waals surface area contributed by atoms with Crippen molar-refractivity contribution < 1.29 is 9.59 Å². The molecule has 2 aliphatic rings. The molecular formula is C29H28N4O2S. The Bertz CT molecular complexity index is 1400. The topological polar surface area (TPSA) is 96.6 Å². The SMILES string of the molecule is N/C(=C\C=NC1CC1)c1cc(C2(NC(=S)c3ccccc3CNC(=O)C=O)CC2)c2ccccc2c1. The van der Waals surface area contributed by atoms with E-state index in [0.29, 0.717) is 16.7 Å². The molecule has 7 heteroatoms. The van der Waals surface area contributed by atoms with Gasteiger partial charge in [-0.2, -0.15) is 0 Å². The molecule has 182 valence electrons. The van der Waals surface area contributed by atoms with E-state index in [1.165, 1.54) is 10.9 Å². The van der Waals surface area contributed by atoms with Crippen LogP contribution in [0.4, 0.5) is 0 Å². The van der Waals surface area contributed by atoms with Crippen LogP contribution in [-0.2, 0) is 21.7 Å². The first kappa shape index (κ1) is 23.9. The predicted octanol–water partition coefficient (Wildman–Crippen LogP) is 4.14. The van der Waals surface area contributed by atoms with E-state index in [1.54, 1.807) is 0 Å². The highest BCUT2D eigenvalue weighted by atomic mass is 32.1. The lowest BCUT2D eigenvalue weighted by Crippen LogP contribution is -2.35. The molecule has 0 radical (unpaired) electrons. The maximum atomic E-state index is 11.5. The summed E-state index contributed by atoms with van der Waals surface area (Å²) in [4.78, 5) is 27.3. The molecule has 5 rings (SSSR count). The molecule has 2 aliphatic carbocycles. The number of nitrogens with two attached hydrogens (primary N) is 1. The Hall–Kier alpha value is -3.84. The second kappa shape index (κ2) is 10.0. The number of nitrogens with one attached hydrogen (secondary N) is 2. The lowest BCUT2D eigenvalue weighted by molar-refractivity contribution is -0.131. The van der Waals surface area contributed by atoms with Crippen LogP contribution < -0.4 is 16.4 Å². The first-order valence-electron chi connectivity index (χ1n) is 12.1. The van der Waals surface area contributed by atoms with Gasteiger partial charge in [0.2, 0.25) is 6.29 Å². The zero-order valence-electron chi connectivity index (χ0n) is 19.9. The molecule has 0 atom stereocenters. The van der Waals surface area contributed by atoms with E-state index < -0.39 is 5.91 Å². The molecule has 0 aromatic heterocycles. The summed E-state index contributed by atoms with van der Waals surface area (Å²) in [6, 6.07) is 20.7. The standard InChI is InChI=1S/C29H28N4O2S/c30-26(11-14-31-22-9-10-22)21-15-19-5-1-3-7-23(19)25(16-21)29(12-13-29)33-28(36)24-8-4-2-6-20(24)17-32-27(35)18-34/h1-8,11,14-16,18,22H,9-10,12-13,17,30H2,(H,32,35)(H,33,36)/b26-11-,31-14?. The molecule has 0 heterocycles. The Balaban J connectivity index is 1.45. The van der Waals surface area contributed by atoms with E-state index in [4.69, 9.17) is 18.0 Å². The Morgan fingerprint density at radius 2 is 1.86 bits per heavy atom. The van der Waals surface area contributed by atoms with Crippen molar-refractivity contribution in [2.45, 2.75) is 43.8 Å². The molecule has 0 aliphatic heterocycles. The smallest absolute Gasteiger partial charge is 0.284 e. The number of thiocarbonyl (C=S) groups is 1. The second-order valence-electron chi connectivity index (χ2n) is 9.43. The summed E-state index contributed by atoms with van der Waals surface area (Å²) in [5, 5.41) is 8.52. The van der Waals surface area contributed by atoms with Crippen molar-refractivity contribution in [3.8, 4) is 0 Å². The third kappa shape index (κ3) is 5.21. The summed E-state index contributed by atoms with van der Waals surface area (Å²) < 4.78 is 0. The number of nitrogens with zero attached hydrogens (tertiary/aromatic N) is 1. The molecule has 0 bridgehead atoms. The number of benzene rings is 3. The van der Waals surface area contributed by atoms with Crippen LogP contribution in [0.5, 0.6) is 0 Å². The highest BCUT2D eigenvalue weighted by Gasteiger charge is 2.46. The van der Waals surface area contributed by atoms with Crippen LogP contribution in [0.25, 0.3) is 16.5 Å². The molecule has 0 spiro atoms. The Kier molecular flexibility index (Phi) is 6.65. The average molecular weight is 497 g/mol. The highest BCUT2D eigenvalue weighted by molar-refractivity contribution is 7.80. The Labute approximate surface area is 215 Å². The second-order valence-corrected chi connectivity index (χ2v) is 9.83. The van der Waals surface area contributed by atoms with Crippen molar-refractivity contribution in [3.05, 3.63) is 89.0 Å². The van der Waals surface area contributed by atoms with Gasteiger partial charge < -0.3 is 16.4 Å². The molecule has 2 saturated carbocycles. The van der Waals surface area contributed by atoms with Crippen LogP contribution in [0.15, 0.2) is 71.7 Å². The lowest BCUT2D eigenvalue weighted by Gasteiger charge is -2.24. The maximum absolute atomic E-state index is 11.5. The normalized spacial score (nSPS) is 16.6. The van der Waals surface area contributed by atoms with Gasteiger partial charge in [0.1, 0.15) is 4.99 Å². The van der Waals surface area contributed by atoms with Crippen molar-refractivity contribution in [1.29, 1.82) is 0 Å². The molecule has 3 aromatic rings. The number of aldehydes is 1. The van der Waals surface area contributed by atoms with Gasteiger partial charge in [0.25, 0.3) is 5.91 Å². The molecular weight excluding hydrogens is 468 g/mol. The summed E-state index contributed by atoms with van der Waals surface area (Å²) in [6.45, 7) is 0.227. The molecule has 36 heavy (non-hydrogen) atoms. The molecule has 0 saturated heterocycles. The van der Waals surface area contributed by atoms with Crippen molar-refractivity contribution in [1.82, 2.24) is 10.6 Å². The van der Waals surface area contributed by atoms with E-state index in [1.807, 2.05) is 48.7 Å². The molecule has 4 N–H and O–H groups in total. The minimum Gasteiger partial charge on any atom is -0.398 e. The molecule has 0 unspecified atom stereocenters. The van der Waals surface area contributed by atoms with Gasteiger partial charge in [-0.25, -0.2) is 0 Å². The highest BCUT2D eigenvalue weighted by Crippen LogP contribution is 2.49. The monoisotopic (exact) mass is 496 g/mol. The number of fused-ring (bicyclic) bond motifs is 1. The number of aliphatic imine (C=N–C) groups is 1. The number of carbonyl (C=O) groups is 2. The first-order chi connectivity index (χ1) is 17.5. The molecule has 2 fully saturated rings. The third-order valence-corrected chi connectivity index (χ3v) is 7.06. The van der Waals surface area contributed by atoms with Crippen LogP contribution >= 0.6 is 12.2 Å². The van der Waals surface area contributed by atoms with E-state index in [2.05, 4.69) is 39.9 Å². The largest absolute Gasteiger partial charge is 0.398 e. The lowest BCUT2D eigenvalue weighted by atomic mass is 9.93. The average Bonchev–Trinajstić information content (AvgIpc) is 3.84. The fourth-order valence-electron chi connectivity index (χ4n) is 4.43. The third-order valence-electron chi connectivity index (χ3n) is 6.73. The molecule has 1 amide bonds.